The van der Waals surface area contributed by atoms with Crippen LogP contribution in [0.15, 0.2) is 0 Å². The van der Waals surface area contributed by atoms with Gasteiger partial charge < -0.3 is 142 Å². The van der Waals surface area contributed by atoms with Gasteiger partial charge in [-0.05, 0) is 51.4 Å². The van der Waals surface area contributed by atoms with Gasteiger partial charge in [0.15, 0.2) is 0 Å². The number of carboxylic acids is 8. The molecule has 0 fully saturated rings. The summed E-state index contributed by atoms with van der Waals surface area (Å²) in [7, 11) is 0. The van der Waals surface area contributed by atoms with Crippen LogP contribution in [-0.2, 0) is 191 Å². The Labute approximate surface area is 675 Å². The van der Waals surface area contributed by atoms with Gasteiger partial charge in [-0.15, -0.1) is 152 Å². The molecule has 0 aromatic heterocycles. The smallest absolute Gasteiger partial charge is 2.00 e. The van der Waals surface area contributed by atoms with Crippen molar-refractivity contribution < 1.29 is 272 Å². The van der Waals surface area contributed by atoms with Gasteiger partial charge in [0.05, 0.1) is 0 Å². The van der Waals surface area contributed by atoms with E-state index in [1.165, 1.54) is 0 Å². The van der Waals surface area contributed by atoms with Crippen LogP contribution in [0, 0.1) is 98.8 Å². The largest absolute Gasteiger partial charge is 4.00 e. The Morgan fingerprint density at radius 2 is 0.255 bits per heavy atom. The predicted octanol–water partition coefficient (Wildman–Crippen LogP) is -9.24. The Kier molecular flexibility index (Phi) is 392. The molecule has 0 unspecified atom stereocenters. The number of aliphatic carboxylic acids is 8. The Morgan fingerprint density at radius 3 is 0.265 bits per heavy atom. The van der Waals surface area contributed by atoms with Crippen LogP contribution in [-0.4, -0.2) is 101 Å². The van der Waals surface area contributed by atoms with Crippen LogP contribution in [0.25, 0.3) is 0 Å². The topological polar surface area (TPSA) is 620 Å². The van der Waals surface area contributed by atoms with E-state index in [-0.39, 0.29) is 308 Å². The molecule has 0 rings (SSSR count). The molecule has 34 heteroatoms. The summed E-state index contributed by atoms with van der Waals surface area (Å²) in [5, 5.41) is 151. The van der Waals surface area contributed by atoms with Crippen molar-refractivity contribution in [3.8, 4) is 98.8 Å². The molecule has 0 N–H and O–H groups in total. The summed E-state index contributed by atoms with van der Waals surface area (Å²) >= 11 is 0. The fourth-order valence-electron chi connectivity index (χ4n) is 1.39. The van der Waals surface area contributed by atoms with Crippen LogP contribution in [0.2, 0.25) is 0 Å². The molecule has 0 aromatic rings. The summed E-state index contributed by atoms with van der Waals surface area (Å²) in [6.45, 7) is 15.5. The Bertz CT molecular complexity index is 1400. The quantitative estimate of drug-likeness (QED) is 0.0640. The minimum atomic E-state index is -1.09. The van der Waals surface area contributed by atoms with Gasteiger partial charge in [-0.3, -0.25) is 0 Å². The average molecular weight is 1600 g/mol. The molecule has 98 heavy (non-hydrogen) atoms. The van der Waals surface area contributed by atoms with Crippen LogP contribution >= 0.6 is 0 Å². The van der Waals surface area contributed by atoms with E-state index in [4.69, 9.17) is 51.4 Å². The molecule has 0 aliphatic heterocycles. The summed E-state index contributed by atoms with van der Waals surface area (Å²) in [6.07, 6.45) is 45.9. The molecule has 0 spiro atoms. The molecule has 0 saturated heterocycles. The Morgan fingerprint density at radius 1 is 0.204 bits per heavy atom. The number of terminal acetylenes is 8. The standard InChI is InChI=1S/8C5H6O2.8C3H7O.4O.6Ti/c8*1-2-3-4-5(6)7;8*1-2-3-4;;;;;;;;;;/h8*1H,3-4H2,(H,6,7);8*2-3H2,1H3;;;;;;;;;;/q;;;;;;;;8*-1;4*-2;6*+4/p-8. The molecule has 0 saturated carbocycles. The molecule has 28 nitrogen and oxygen atoms in total. The fourth-order valence-corrected chi connectivity index (χ4v) is 1.39. The Hall–Kier alpha value is -3.95. The van der Waals surface area contributed by atoms with E-state index in [1.807, 2.05) is 55.4 Å². The summed E-state index contributed by atoms with van der Waals surface area (Å²) in [4.78, 5) is 76.4. The second-order valence-electron chi connectivity index (χ2n) is 14.2. The van der Waals surface area contributed by atoms with Gasteiger partial charge in [0.25, 0.3) is 0 Å². The molecule has 0 aliphatic carbocycles. The SMILES string of the molecule is C#CCCC(=O)[O-].C#CCCC(=O)[O-].C#CCCC(=O)[O-].C#CCCC(=O)[O-].C#CCCC(=O)[O-].C#CCCC(=O)[O-].C#CCCC(=O)[O-].C#CCCC(=O)[O-].CCC[O-].CCC[O-].CCC[O-].CCC[O-].CCC[O-].CCC[O-].CCC[O-].CCC[O-].[O-2].[O-2].[O-2].[O-2].[Ti+4].[Ti+4].[Ti+4].[Ti+4].[Ti+4].[Ti+4]. The summed E-state index contributed by atoms with van der Waals surface area (Å²) in [5.74, 6) is 8.74. The number of carboxylic acid groups (broad SMARTS) is 8. The maximum atomic E-state index is 9.55. The minimum absolute atomic E-state index is 0. The van der Waals surface area contributed by atoms with Crippen molar-refractivity contribution in [1.29, 1.82) is 0 Å². The molecular weight excluding hydrogens is 1500 g/mol. The van der Waals surface area contributed by atoms with Crippen molar-refractivity contribution in [2.24, 2.45) is 0 Å². The van der Waals surface area contributed by atoms with E-state index in [0.717, 1.165) is 51.4 Å². The molecule has 544 valence electrons. The first-order valence-electron chi connectivity index (χ1n) is 27.2. The zero-order valence-corrected chi connectivity index (χ0v) is 67.0. The number of hydrogen-bond donors (Lipinski definition) is 0. The number of carbonyl (C=O) groups is 8. The zero-order chi connectivity index (χ0) is 72.9. The maximum absolute atomic E-state index is 9.55. The van der Waals surface area contributed by atoms with Crippen molar-refractivity contribution in [3.63, 3.8) is 0 Å². The minimum Gasteiger partial charge on any atom is -2.00 e. The molecule has 0 atom stereocenters. The Balaban J connectivity index is -0.0000000235. The third-order valence-corrected chi connectivity index (χ3v) is 5.42. The second kappa shape index (κ2) is 219. The van der Waals surface area contributed by atoms with Crippen molar-refractivity contribution in [1.82, 2.24) is 0 Å². The molecule has 0 amide bonds. The first-order valence-corrected chi connectivity index (χ1v) is 27.2. The summed E-state index contributed by atoms with van der Waals surface area (Å²) < 4.78 is 0. The number of carbonyl (C=O) groups excluding carboxylic acids is 8. The van der Waals surface area contributed by atoms with Gasteiger partial charge in [-0.25, -0.2) is 0 Å². The normalized spacial score (nSPS) is 6.61. The van der Waals surface area contributed by atoms with Crippen molar-refractivity contribution in [3.05, 3.63) is 0 Å². The molecule has 0 heterocycles. The molecule has 0 radical (unpaired) electrons. The van der Waals surface area contributed by atoms with E-state index in [9.17, 15) is 120 Å². The van der Waals surface area contributed by atoms with Crippen LogP contribution in [0.3, 0.4) is 0 Å². The third-order valence-electron chi connectivity index (χ3n) is 5.42. The van der Waals surface area contributed by atoms with Gasteiger partial charge in [-0.1, -0.05) is 107 Å². The second-order valence-corrected chi connectivity index (χ2v) is 14.2. The van der Waals surface area contributed by atoms with Gasteiger partial charge in [-0.2, -0.15) is 0 Å². The van der Waals surface area contributed by atoms with Gasteiger partial charge in [0.2, 0.25) is 0 Å². The van der Waals surface area contributed by atoms with Gasteiger partial charge in [0, 0.05) is 99.1 Å². The van der Waals surface area contributed by atoms with Crippen LogP contribution in [0.4, 0.5) is 0 Å². The van der Waals surface area contributed by atoms with Crippen LogP contribution in [0.5, 0.6) is 0 Å². The van der Waals surface area contributed by atoms with E-state index in [1.54, 1.807) is 0 Å². The van der Waals surface area contributed by atoms with Crippen molar-refractivity contribution >= 4 is 47.8 Å². The average Bonchev–Trinajstić information content (AvgIpc) is 3.51. The van der Waals surface area contributed by atoms with Crippen LogP contribution < -0.4 is 81.7 Å². The first-order chi connectivity index (χ1) is 41.5. The van der Waals surface area contributed by atoms with E-state index in [2.05, 4.69) is 47.4 Å². The summed E-state index contributed by atoms with van der Waals surface area (Å²) in [5.41, 5.74) is 0. The molecule has 0 bridgehead atoms. The van der Waals surface area contributed by atoms with E-state index >= 15 is 0 Å². The monoisotopic (exact) mass is 1600 g/mol. The first kappa shape index (κ1) is 176. The van der Waals surface area contributed by atoms with E-state index < -0.39 is 47.8 Å². The van der Waals surface area contributed by atoms with E-state index in [0.29, 0.717) is 0 Å². The van der Waals surface area contributed by atoms with Gasteiger partial charge >= 0.3 is 130 Å². The van der Waals surface area contributed by atoms with Crippen LogP contribution in [0.1, 0.15) is 209 Å². The maximum Gasteiger partial charge on any atom is 4.00 e. The molecule has 0 aliphatic rings. The molecule has 0 aromatic carbocycles. The van der Waals surface area contributed by atoms with Gasteiger partial charge in [0.1, 0.15) is 0 Å². The van der Waals surface area contributed by atoms with Crippen molar-refractivity contribution in [2.45, 2.75) is 209 Å². The zero-order valence-electron chi connectivity index (χ0n) is 57.7. The number of hydrogen-bond acceptors (Lipinski definition) is 24. The predicted molar refractivity (Wildman–Crippen MR) is 309 cm³/mol. The van der Waals surface area contributed by atoms with Crippen molar-refractivity contribution in [2.75, 3.05) is 52.9 Å². The summed E-state index contributed by atoms with van der Waals surface area (Å²) in [6, 6.07) is 0. The molecular formula is C64H96O28Ti6. The third kappa shape index (κ3) is 587. The fraction of sp³-hybridized carbons (Fsp3) is 0.625. The number of rotatable bonds is 24.